The first-order valence-corrected chi connectivity index (χ1v) is 5.90. The molecule has 1 fully saturated rings. The number of ether oxygens (including phenoxy) is 1. The Balaban J connectivity index is 2.19. The van der Waals surface area contributed by atoms with Crippen LogP contribution in [-0.2, 0) is 0 Å². The maximum Gasteiger partial charge on any atom is 0.214 e. The molecule has 1 aliphatic rings. The van der Waals surface area contributed by atoms with Gasteiger partial charge in [0.05, 0.1) is 13.2 Å². The molecule has 0 aromatic carbocycles. The van der Waals surface area contributed by atoms with Crippen molar-refractivity contribution in [2.24, 2.45) is 5.73 Å². The zero-order valence-electron chi connectivity index (χ0n) is 10.5. The number of hydrogen-bond acceptors (Lipinski definition) is 5. The average Bonchev–Trinajstić information content (AvgIpc) is 2.38. The van der Waals surface area contributed by atoms with Crippen LogP contribution < -0.4 is 15.4 Å². The summed E-state index contributed by atoms with van der Waals surface area (Å²) in [6, 6.07) is 4.34. The third-order valence-electron chi connectivity index (χ3n) is 3.22. The molecule has 0 radical (unpaired) electrons. The van der Waals surface area contributed by atoms with Crippen molar-refractivity contribution >= 4 is 5.69 Å². The predicted molar refractivity (Wildman–Crippen MR) is 68.5 cm³/mol. The van der Waals surface area contributed by atoms with Gasteiger partial charge in [0.15, 0.2) is 0 Å². The molecule has 2 rings (SSSR count). The molecular weight excluding hydrogens is 216 g/mol. The van der Waals surface area contributed by atoms with Gasteiger partial charge in [-0.05, 0) is 13.1 Å². The molecule has 0 spiro atoms. The van der Waals surface area contributed by atoms with Crippen LogP contribution in [0.4, 0.5) is 5.69 Å². The number of likely N-dealkylation sites (N-methyl/N-ethyl adjacent to an activating group) is 1. The number of pyridine rings is 1. The van der Waals surface area contributed by atoms with Crippen molar-refractivity contribution in [1.82, 2.24) is 9.88 Å². The smallest absolute Gasteiger partial charge is 0.214 e. The Morgan fingerprint density at radius 1 is 1.53 bits per heavy atom. The molecular formula is C12H20N4O. The Bertz CT molecular complexity index is 371. The van der Waals surface area contributed by atoms with Crippen molar-refractivity contribution in [2.45, 2.75) is 6.04 Å². The Kier molecular flexibility index (Phi) is 3.81. The zero-order chi connectivity index (χ0) is 12.3. The molecule has 17 heavy (non-hydrogen) atoms. The summed E-state index contributed by atoms with van der Waals surface area (Å²) in [5.41, 5.74) is 6.99. The van der Waals surface area contributed by atoms with Gasteiger partial charge in [-0.1, -0.05) is 0 Å². The summed E-state index contributed by atoms with van der Waals surface area (Å²) >= 11 is 0. The maximum absolute atomic E-state index is 5.85. The second kappa shape index (κ2) is 5.33. The Morgan fingerprint density at radius 2 is 2.35 bits per heavy atom. The summed E-state index contributed by atoms with van der Waals surface area (Å²) < 4.78 is 5.16. The van der Waals surface area contributed by atoms with Crippen LogP contribution in [0, 0.1) is 0 Å². The number of rotatable bonds is 3. The minimum Gasteiger partial charge on any atom is -0.481 e. The molecule has 1 aromatic heterocycles. The van der Waals surface area contributed by atoms with Gasteiger partial charge in [0, 0.05) is 44.1 Å². The van der Waals surface area contributed by atoms with E-state index >= 15 is 0 Å². The van der Waals surface area contributed by atoms with Crippen LogP contribution in [0.5, 0.6) is 5.88 Å². The third kappa shape index (κ3) is 2.68. The summed E-state index contributed by atoms with van der Waals surface area (Å²) in [4.78, 5) is 8.78. The summed E-state index contributed by atoms with van der Waals surface area (Å²) in [6.45, 7) is 3.71. The normalized spacial score (nSPS) is 21.6. The van der Waals surface area contributed by atoms with Crippen molar-refractivity contribution in [3.8, 4) is 5.88 Å². The van der Waals surface area contributed by atoms with Gasteiger partial charge in [-0.25, -0.2) is 4.98 Å². The molecule has 0 bridgehead atoms. The Labute approximate surface area is 102 Å². The highest BCUT2D eigenvalue weighted by molar-refractivity contribution is 5.49. The van der Waals surface area contributed by atoms with Crippen molar-refractivity contribution in [3.63, 3.8) is 0 Å². The highest BCUT2D eigenvalue weighted by atomic mass is 16.5. The topological polar surface area (TPSA) is 54.6 Å². The first-order chi connectivity index (χ1) is 8.24. The van der Waals surface area contributed by atoms with Crippen LogP contribution in [0.3, 0.4) is 0 Å². The lowest BCUT2D eigenvalue weighted by Gasteiger charge is -2.41. The van der Waals surface area contributed by atoms with E-state index in [1.807, 2.05) is 12.1 Å². The zero-order valence-corrected chi connectivity index (χ0v) is 10.5. The van der Waals surface area contributed by atoms with Crippen LogP contribution in [0.15, 0.2) is 18.3 Å². The van der Waals surface area contributed by atoms with Crippen LogP contribution >= 0.6 is 0 Å². The van der Waals surface area contributed by atoms with Gasteiger partial charge in [0.1, 0.15) is 0 Å². The van der Waals surface area contributed by atoms with E-state index < -0.39 is 0 Å². The first kappa shape index (κ1) is 12.1. The fourth-order valence-corrected chi connectivity index (χ4v) is 2.24. The lowest BCUT2D eigenvalue weighted by atomic mass is 10.1. The molecule has 94 valence electrons. The van der Waals surface area contributed by atoms with Gasteiger partial charge in [-0.15, -0.1) is 0 Å². The molecule has 2 N–H and O–H groups in total. The minimum atomic E-state index is 0.362. The van der Waals surface area contributed by atoms with Gasteiger partial charge < -0.3 is 20.3 Å². The average molecular weight is 236 g/mol. The van der Waals surface area contributed by atoms with E-state index in [0.29, 0.717) is 18.5 Å². The van der Waals surface area contributed by atoms with Crippen molar-refractivity contribution in [2.75, 3.05) is 45.2 Å². The molecule has 2 heterocycles. The molecule has 0 aliphatic carbocycles. The van der Waals surface area contributed by atoms with Crippen LogP contribution in [0.25, 0.3) is 0 Å². The van der Waals surface area contributed by atoms with E-state index in [4.69, 9.17) is 10.5 Å². The fourth-order valence-electron chi connectivity index (χ4n) is 2.24. The number of hydrogen-bond donors (Lipinski definition) is 1. The van der Waals surface area contributed by atoms with E-state index in [9.17, 15) is 0 Å². The van der Waals surface area contributed by atoms with Gasteiger partial charge in [-0.2, -0.15) is 0 Å². The molecule has 0 amide bonds. The molecule has 1 atom stereocenters. The third-order valence-corrected chi connectivity index (χ3v) is 3.22. The van der Waals surface area contributed by atoms with Gasteiger partial charge >= 0.3 is 0 Å². The molecule has 1 aliphatic heterocycles. The highest BCUT2D eigenvalue weighted by Gasteiger charge is 2.24. The molecule has 1 aromatic rings. The lowest BCUT2D eigenvalue weighted by Crippen LogP contribution is -2.55. The van der Waals surface area contributed by atoms with Gasteiger partial charge in [0.2, 0.25) is 5.88 Å². The lowest BCUT2D eigenvalue weighted by molar-refractivity contribution is 0.269. The molecule has 0 saturated carbocycles. The number of aromatic nitrogens is 1. The first-order valence-electron chi connectivity index (χ1n) is 5.90. The number of piperazine rings is 1. The van der Waals surface area contributed by atoms with Crippen LogP contribution in [0.1, 0.15) is 0 Å². The van der Waals surface area contributed by atoms with E-state index in [1.54, 1.807) is 13.3 Å². The SMILES string of the molecule is COc1cc(N2CCN(C)CC2CN)ccn1. The van der Waals surface area contributed by atoms with Gasteiger partial charge in [-0.3, -0.25) is 0 Å². The second-order valence-corrected chi connectivity index (χ2v) is 4.40. The Morgan fingerprint density at radius 3 is 3.06 bits per heavy atom. The van der Waals surface area contributed by atoms with E-state index in [-0.39, 0.29) is 0 Å². The highest BCUT2D eigenvalue weighted by Crippen LogP contribution is 2.22. The van der Waals surface area contributed by atoms with Crippen LogP contribution in [0.2, 0.25) is 0 Å². The number of methoxy groups -OCH3 is 1. The summed E-state index contributed by atoms with van der Waals surface area (Å²) in [6.07, 6.45) is 1.78. The number of nitrogens with zero attached hydrogens (tertiary/aromatic N) is 3. The number of nitrogens with two attached hydrogens (primary N) is 1. The van der Waals surface area contributed by atoms with E-state index in [1.165, 1.54) is 0 Å². The molecule has 1 unspecified atom stereocenters. The largest absolute Gasteiger partial charge is 0.481 e. The molecule has 5 nitrogen and oxygen atoms in total. The second-order valence-electron chi connectivity index (χ2n) is 4.40. The number of anilines is 1. The fraction of sp³-hybridized carbons (Fsp3) is 0.583. The summed E-state index contributed by atoms with van der Waals surface area (Å²) in [5, 5.41) is 0. The summed E-state index contributed by atoms with van der Waals surface area (Å²) in [5.74, 6) is 0.650. The van der Waals surface area contributed by atoms with Crippen molar-refractivity contribution in [1.29, 1.82) is 0 Å². The quantitative estimate of drug-likeness (QED) is 0.811. The van der Waals surface area contributed by atoms with Crippen molar-refractivity contribution in [3.05, 3.63) is 18.3 Å². The van der Waals surface area contributed by atoms with E-state index in [2.05, 4.69) is 21.8 Å². The predicted octanol–water partition coefficient (Wildman–Crippen LogP) is 0.169. The maximum atomic E-state index is 5.85. The Hall–Kier alpha value is -1.33. The monoisotopic (exact) mass is 236 g/mol. The molecule has 5 heteroatoms. The van der Waals surface area contributed by atoms with Crippen molar-refractivity contribution < 1.29 is 4.74 Å². The molecule has 1 saturated heterocycles. The van der Waals surface area contributed by atoms with E-state index in [0.717, 1.165) is 25.3 Å². The van der Waals surface area contributed by atoms with Gasteiger partial charge in [0.25, 0.3) is 0 Å². The minimum absolute atomic E-state index is 0.362. The summed E-state index contributed by atoms with van der Waals surface area (Å²) in [7, 11) is 3.77. The van der Waals surface area contributed by atoms with Crippen LogP contribution in [-0.4, -0.2) is 56.3 Å². The standard InChI is InChI=1S/C12H20N4O/c1-15-5-6-16(11(8-13)9-15)10-3-4-14-12(7-10)17-2/h3-4,7,11H,5-6,8-9,13H2,1-2H3.